The van der Waals surface area contributed by atoms with Crippen molar-refractivity contribution >= 4 is 5.97 Å². The molecule has 0 bridgehead atoms. The van der Waals surface area contributed by atoms with Crippen molar-refractivity contribution in [2.45, 2.75) is 19.4 Å². The van der Waals surface area contributed by atoms with Gasteiger partial charge >= 0.3 is 5.97 Å². The SMILES string of the molecule is CCOC(=O)CC(c1ccc(OC)cc1)N(C)C. The summed E-state index contributed by atoms with van der Waals surface area (Å²) in [5.74, 6) is 0.638. The zero-order valence-electron chi connectivity index (χ0n) is 11.5. The Morgan fingerprint density at radius 3 is 2.33 bits per heavy atom. The van der Waals surface area contributed by atoms with Gasteiger partial charge in [0.15, 0.2) is 0 Å². The molecule has 0 aliphatic carbocycles. The third-order valence-electron chi connectivity index (χ3n) is 2.79. The van der Waals surface area contributed by atoms with Crippen molar-refractivity contribution in [1.29, 1.82) is 0 Å². The Bertz CT molecular complexity index is 373. The molecule has 0 N–H and O–H groups in total. The quantitative estimate of drug-likeness (QED) is 0.727. The highest BCUT2D eigenvalue weighted by atomic mass is 16.5. The van der Waals surface area contributed by atoms with Crippen LogP contribution >= 0.6 is 0 Å². The van der Waals surface area contributed by atoms with Gasteiger partial charge in [0.05, 0.1) is 20.1 Å². The van der Waals surface area contributed by atoms with Crippen LogP contribution in [0, 0.1) is 0 Å². The van der Waals surface area contributed by atoms with Crippen LogP contribution in [0.1, 0.15) is 24.9 Å². The first-order valence-corrected chi connectivity index (χ1v) is 6.04. The van der Waals surface area contributed by atoms with E-state index in [2.05, 4.69) is 0 Å². The van der Waals surface area contributed by atoms with Crippen LogP contribution in [0.5, 0.6) is 5.75 Å². The minimum atomic E-state index is -0.174. The molecule has 1 atom stereocenters. The van der Waals surface area contributed by atoms with Gasteiger partial charge in [-0.3, -0.25) is 4.79 Å². The van der Waals surface area contributed by atoms with E-state index in [0.717, 1.165) is 11.3 Å². The average Bonchev–Trinajstić information content (AvgIpc) is 2.36. The number of rotatable bonds is 6. The van der Waals surface area contributed by atoms with Gasteiger partial charge in [0.2, 0.25) is 0 Å². The summed E-state index contributed by atoms with van der Waals surface area (Å²) in [6.45, 7) is 2.23. The molecule has 18 heavy (non-hydrogen) atoms. The van der Waals surface area contributed by atoms with Crippen molar-refractivity contribution in [2.24, 2.45) is 0 Å². The molecule has 0 fully saturated rings. The van der Waals surface area contributed by atoms with Gasteiger partial charge in [-0.05, 0) is 38.7 Å². The summed E-state index contributed by atoms with van der Waals surface area (Å²) in [6, 6.07) is 7.77. The van der Waals surface area contributed by atoms with Crippen molar-refractivity contribution in [2.75, 3.05) is 27.8 Å². The van der Waals surface area contributed by atoms with E-state index in [1.165, 1.54) is 0 Å². The van der Waals surface area contributed by atoms with Gasteiger partial charge in [0.1, 0.15) is 5.75 Å². The molecule has 1 rings (SSSR count). The van der Waals surface area contributed by atoms with Crippen LogP contribution in [0.15, 0.2) is 24.3 Å². The Balaban J connectivity index is 2.80. The predicted octanol–water partition coefficient (Wildman–Crippen LogP) is 2.25. The number of carbonyl (C=O) groups is 1. The van der Waals surface area contributed by atoms with Crippen LogP contribution in [-0.2, 0) is 9.53 Å². The Labute approximate surface area is 108 Å². The molecule has 4 nitrogen and oxygen atoms in total. The molecule has 0 aliphatic heterocycles. The number of benzene rings is 1. The predicted molar refractivity (Wildman–Crippen MR) is 70.7 cm³/mol. The zero-order chi connectivity index (χ0) is 13.5. The second kappa shape index (κ2) is 7.01. The van der Waals surface area contributed by atoms with Gasteiger partial charge in [0.25, 0.3) is 0 Å². The topological polar surface area (TPSA) is 38.8 Å². The van der Waals surface area contributed by atoms with Crippen LogP contribution < -0.4 is 4.74 Å². The lowest BCUT2D eigenvalue weighted by molar-refractivity contribution is -0.144. The van der Waals surface area contributed by atoms with Gasteiger partial charge in [0, 0.05) is 6.04 Å². The Kier molecular flexibility index (Phi) is 5.65. The molecule has 0 aromatic heterocycles. The molecule has 0 radical (unpaired) electrons. The summed E-state index contributed by atoms with van der Waals surface area (Å²) in [7, 11) is 5.54. The molecule has 0 saturated carbocycles. The molecule has 0 saturated heterocycles. The van der Waals surface area contributed by atoms with E-state index in [4.69, 9.17) is 9.47 Å². The van der Waals surface area contributed by atoms with Crippen LogP contribution in [0.3, 0.4) is 0 Å². The summed E-state index contributed by atoms with van der Waals surface area (Å²) in [4.78, 5) is 13.6. The minimum Gasteiger partial charge on any atom is -0.497 e. The molecule has 0 spiro atoms. The van der Waals surface area contributed by atoms with Crippen LogP contribution in [0.25, 0.3) is 0 Å². The lowest BCUT2D eigenvalue weighted by Gasteiger charge is -2.24. The first-order chi connectivity index (χ1) is 8.58. The maximum atomic E-state index is 11.6. The van der Waals surface area contributed by atoms with Crippen molar-refractivity contribution in [3.05, 3.63) is 29.8 Å². The average molecular weight is 251 g/mol. The lowest BCUT2D eigenvalue weighted by atomic mass is 10.0. The van der Waals surface area contributed by atoms with Gasteiger partial charge in [-0.1, -0.05) is 12.1 Å². The third-order valence-corrected chi connectivity index (χ3v) is 2.79. The van der Waals surface area contributed by atoms with Gasteiger partial charge in [-0.15, -0.1) is 0 Å². The summed E-state index contributed by atoms with van der Waals surface area (Å²) in [5, 5.41) is 0. The summed E-state index contributed by atoms with van der Waals surface area (Å²) >= 11 is 0. The molecule has 100 valence electrons. The molecule has 1 unspecified atom stereocenters. The molecular weight excluding hydrogens is 230 g/mol. The normalized spacial score (nSPS) is 12.3. The van der Waals surface area contributed by atoms with Crippen molar-refractivity contribution < 1.29 is 14.3 Å². The number of ether oxygens (including phenoxy) is 2. The van der Waals surface area contributed by atoms with E-state index >= 15 is 0 Å². The number of esters is 1. The maximum absolute atomic E-state index is 11.6. The first-order valence-electron chi connectivity index (χ1n) is 6.04. The zero-order valence-corrected chi connectivity index (χ0v) is 11.5. The maximum Gasteiger partial charge on any atom is 0.307 e. The Morgan fingerprint density at radius 1 is 1.28 bits per heavy atom. The highest BCUT2D eigenvalue weighted by Crippen LogP contribution is 2.24. The van der Waals surface area contributed by atoms with Crippen LogP contribution in [0.4, 0.5) is 0 Å². The molecule has 1 aromatic rings. The second-order valence-electron chi connectivity index (χ2n) is 4.26. The van der Waals surface area contributed by atoms with Crippen molar-refractivity contribution in [3.63, 3.8) is 0 Å². The highest BCUT2D eigenvalue weighted by molar-refractivity contribution is 5.70. The van der Waals surface area contributed by atoms with E-state index in [0.29, 0.717) is 13.0 Å². The Hall–Kier alpha value is -1.55. The Morgan fingerprint density at radius 2 is 1.89 bits per heavy atom. The molecule has 1 aromatic carbocycles. The molecule has 0 amide bonds. The molecule has 0 heterocycles. The number of hydrogen-bond donors (Lipinski definition) is 0. The number of nitrogens with zero attached hydrogens (tertiary/aromatic N) is 1. The first kappa shape index (κ1) is 14.5. The fourth-order valence-corrected chi connectivity index (χ4v) is 1.80. The van der Waals surface area contributed by atoms with Crippen molar-refractivity contribution in [3.8, 4) is 5.75 Å². The summed E-state index contributed by atoms with van der Waals surface area (Å²) in [6.07, 6.45) is 0.354. The fraction of sp³-hybridized carbons (Fsp3) is 0.500. The number of carbonyl (C=O) groups excluding carboxylic acids is 1. The van der Waals surface area contributed by atoms with Gasteiger partial charge in [-0.2, -0.15) is 0 Å². The van der Waals surface area contributed by atoms with E-state index in [9.17, 15) is 4.79 Å². The van der Waals surface area contributed by atoms with Gasteiger partial charge in [-0.25, -0.2) is 0 Å². The van der Waals surface area contributed by atoms with E-state index in [1.807, 2.05) is 50.2 Å². The third kappa shape index (κ3) is 4.04. The van der Waals surface area contributed by atoms with Crippen LogP contribution in [0.2, 0.25) is 0 Å². The minimum absolute atomic E-state index is 0.0231. The van der Waals surface area contributed by atoms with E-state index in [-0.39, 0.29) is 12.0 Å². The molecular formula is C14H21NO3. The van der Waals surface area contributed by atoms with E-state index < -0.39 is 0 Å². The smallest absolute Gasteiger partial charge is 0.307 e. The van der Waals surface area contributed by atoms with Crippen LogP contribution in [-0.4, -0.2) is 38.7 Å². The summed E-state index contributed by atoms with van der Waals surface area (Å²) < 4.78 is 10.1. The second-order valence-corrected chi connectivity index (χ2v) is 4.26. The number of hydrogen-bond acceptors (Lipinski definition) is 4. The van der Waals surface area contributed by atoms with Gasteiger partial charge < -0.3 is 14.4 Å². The monoisotopic (exact) mass is 251 g/mol. The molecule has 0 aliphatic rings. The van der Waals surface area contributed by atoms with Crippen molar-refractivity contribution in [1.82, 2.24) is 4.90 Å². The lowest BCUT2D eigenvalue weighted by Crippen LogP contribution is -2.23. The number of methoxy groups -OCH3 is 1. The standard InChI is InChI=1S/C14H21NO3/c1-5-18-14(16)10-13(15(2)3)11-6-8-12(17-4)9-7-11/h6-9,13H,5,10H2,1-4H3. The highest BCUT2D eigenvalue weighted by Gasteiger charge is 2.18. The summed E-state index contributed by atoms with van der Waals surface area (Å²) in [5.41, 5.74) is 1.08. The molecule has 4 heteroatoms. The van der Waals surface area contributed by atoms with E-state index in [1.54, 1.807) is 7.11 Å². The fourth-order valence-electron chi connectivity index (χ4n) is 1.80. The largest absolute Gasteiger partial charge is 0.497 e.